The van der Waals surface area contributed by atoms with Gasteiger partial charge in [-0.05, 0) is 55.8 Å². The van der Waals surface area contributed by atoms with E-state index in [2.05, 4.69) is 26.3 Å². The molecule has 7 heteroatoms. The third kappa shape index (κ3) is 4.31. The average Bonchev–Trinajstić information content (AvgIpc) is 3.10. The highest BCUT2D eigenvalue weighted by atomic mass is 32.2. The standard InChI is InChI=1S/C21H24N4O2S/c1-14-3-8-18-19(13-14)24-21(23-18)28-15(2)20(26)22-16-4-6-17(7-5-16)25-9-11-27-12-10-25/h3-8,13,15H,9-12H2,1-2H3,(H,22,26)(H,23,24). The van der Waals surface area contributed by atoms with Crippen molar-refractivity contribution in [3.8, 4) is 0 Å². The fraction of sp³-hybridized carbons (Fsp3) is 0.333. The normalized spacial score (nSPS) is 15.6. The maximum absolute atomic E-state index is 12.6. The smallest absolute Gasteiger partial charge is 0.237 e. The lowest BCUT2D eigenvalue weighted by Gasteiger charge is -2.28. The quantitative estimate of drug-likeness (QED) is 0.642. The number of nitrogens with one attached hydrogen (secondary N) is 2. The number of benzene rings is 2. The Balaban J connectivity index is 1.36. The molecule has 1 aromatic heterocycles. The summed E-state index contributed by atoms with van der Waals surface area (Å²) >= 11 is 1.43. The molecule has 0 aliphatic carbocycles. The number of carbonyl (C=O) groups is 1. The van der Waals surface area contributed by atoms with Gasteiger partial charge in [-0.15, -0.1) is 0 Å². The minimum Gasteiger partial charge on any atom is -0.378 e. The Kier molecular flexibility index (Phi) is 5.54. The lowest BCUT2D eigenvalue weighted by molar-refractivity contribution is -0.115. The molecule has 1 amide bonds. The van der Waals surface area contributed by atoms with Crippen molar-refractivity contribution in [1.82, 2.24) is 9.97 Å². The van der Waals surface area contributed by atoms with Crippen molar-refractivity contribution < 1.29 is 9.53 Å². The highest BCUT2D eigenvalue weighted by molar-refractivity contribution is 8.00. The Morgan fingerprint density at radius 2 is 1.96 bits per heavy atom. The van der Waals surface area contributed by atoms with Crippen LogP contribution in [0.25, 0.3) is 11.0 Å². The molecule has 0 spiro atoms. The number of carbonyl (C=O) groups excluding carboxylic acids is 1. The fourth-order valence-corrected chi connectivity index (χ4v) is 4.02. The van der Waals surface area contributed by atoms with Crippen molar-refractivity contribution in [2.75, 3.05) is 36.5 Å². The van der Waals surface area contributed by atoms with Crippen LogP contribution in [0.2, 0.25) is 0 Å². The Morgan fingerprint density at radius 3 is 2.71 bits per heavy atom. The number of aromatic amines is 1. The van der Waals surface area contributed by atoms with Crippen LogP contribution >= 0.6 is 11.8 Å². The number of rotatable bonds is 5. The summed E-state index contributed by atoms with van der Waals surface area (Å²) in [5, 5.41) is 3.48. The van der Waals surface area contributed by atoms with Crippen LogP contribution in [-0.2, 0) is 9.53 Å². The Morgan fingerprint density at radius 1 is 1.21 bits per heavy atom. The van der Waals surface area contributed by atoms with Crippen molar-refractivity contribution in [3.63, 3.8) is 0 Å². The van der Waals surface area contributed by atoms with E-state index in [0.29, 0.717) is 0 Å². The number of H-pyrrole nitrogens is 1. The number of imidazole rings is 1. The van der Waals surface area contributed by atoms with Gasteiger partial charge in [-0.3, -0.25) is 4.79 Å². The maximum Gasteiger partial charge on any atom is 0.237 e. The van der Waals surface area contributed by atoms with Gasteiger partial charge in [0.05, 0.1) is 29.5 Å². The molecular weight excluding hydrogens is 372 g/mol. The van der Waals surface area contributed by atoms with E-state index in [-0.39, 0.29) is 11.2 Å². The summed E-state index contributed by atoms with van der Waals surface area (Å²) in [5.74, 6) is -0.0410. The van der Waals surface area contributed by atoms with E-state index in [1.54, 1.807) is 0 Å². The third-order valence-corrected chi connectivity index (χ3v) is 5.77. The van der Waals surface area contributed by atoms with E-state index in [1.165, 1.54) is 17.3 Å². The van der Waals surface area contributed by atoms with Crippen LogP contribution < -0.4 is 10.2 Å². The monoisotopic (exact) mass is 396 g/mol. The molecule has 28 heavy (non-hydrogen) atoms. The molecule has 1 aliphatic heterocycles. The molecule has 0 saturated carbocycles. The van der Waals surface area contributed by atoms with Crippen molar-refractivity contribution >= 4 is 40.1 Å². The molecule has 4 rings (SSSR count). The van der Waals surface area contributed by atoms with Gasteiger partial charge < -0.3 is 19.9 Å². The second-order valence-electron chi connectivity index (χ2n) is 6.96. The van der Waals surface area contributed by atoms with Gasteiger partial charge in [0.25, 0.3) is 0 Å². The van der Waals surface area contributed by atoms with Gasteiger partial charge in [0.2, 0.25) is 5.91 Å². The maximum atomic E-state index is 12.6. The molecule has 0 bridgehead atoms. The Labute approximate surface area is 168 Å². The third-order valence-electron chi connectivity index (χ3n) is 4.78. The predicted molar refractivity (Wildman–Crippen MR) is 114 cm³/mol. The summed E-state index contributed by atoms with van der Waals surface area (Å²) in [7, 11) is 0. The molecule has 3 aromatic rings. The first kappa shape index (κ1) is 18.8. The Hall–Kier alpha value is -2.51. The van der Waals surface area contributed by atoms with Crippen molar-refractivity contribution in [1.29, 1.82) is 0 Å². The van der Waals surface area contributed by atoms with Crippen molar-refractivity contribution in [2.45, 2.75) is 24.3 Å². The first-order valence-electron chi connectivity index (χ1n) is 9.45. The molecule has 6 nitrogen and oxygen atoms in total. The van der Waals surface area contributed by atoms with Crippen LogP contribution in [0, 0.1) is 6.92 Å². The van der Waals surface area contributed by atoms with Crippen LogP contribution in [-0.4, -0.2) is 47.4 Å². The number of nitrogens with zero attached hydrogens (tertiary/aromatic N) is 2. The van der Waals surface area contributed by atoms with Gasteiger partial charge in [0, 0.05) is 24.5 Å². The molecule has 1 saturated heterocycles. The number of aromatic nitrogens is 2. The zero-order valence-electron chi connectivity index (χ0n) is 16.1. The van der Waals surface area contributed by atoms with Crippen LogP contribution in [0.1, 0.15) is 12.5 Å². The number of hydrogen-bond donors (Lipinski definition) is 2. The lowest BCUT2D eigenvalue weighted by Crippen LogP contribution is -2.36. The van der Waals surface area contributed by atoms with Gasteiger partial charge in [0.1, 0.15) is 0 Å². The van der Waals surface area contributed by atoms with Crippen LogP contribution in [0.3, 0.4) is 0 Å². The number of aryl methyl sites for hydroxylation is 1. The molecule has 2 heterocycles. The summed E-state index contributed by atoms with van der Waals surface area (Å²) in [5.41, 5.74) is 5.04. The molecule has 1 atom stereocenters. The van der Waals surface area contributed by atoms with E-state index >= 15 is 0 Å². The molecule has 0 radical (unpaired) electrons. The van der Waals surface area contributed by atoms with Gasteiger partial charge in [-0.1, -0.05) is 17.8 Å². The number of morpholine rings is 1. The summed E-state index contributed by atoms with van der Waals surface area (Å²) < 4.78 is 5.39. The molecule has 2 N–H and O–H groups in total. The number of fused-ring (bicyclic) bond motifs is 1. The number of thioether (sulfide) groups is 1. The second-order valence-corrected chi connectivity index (χ2v) is 8.29. The molecular formula is C21H24N4O2S. The zero-order valence-corrected chi connectivity index (χ0v) is 16.9. The largest absolute Gasteiger partial charge is 0.378 e. The number of ether oxygens (including phenoxy) is 1. The van der Waals surface area contributed by atoms with E-state index in [9.17, 15) is 4.79 Å². The average molecular weight is 397 g/mol. The number of anilines is 2. The number of hydrogen-bond acceptors (Lipinski definition) is 5. The minimum atomic E-state index is -0.263. The fourth-order valence-electron chi connectivity index (χ4n) is 3.20. The van der Waals surface area contributed by atoms with E-state index < -0.39 is 0 Å². The van der Waals surface area contributed by atoms with E-state index in [0.717, 1.165) is 53.9 Å². The first-order chi connectivity index (χ1) is 13.6. The van der Waals surface area contributed by atoms with Crippen molar-refractivity contribution in [3.05, 3.63) is 48.0 Å². The van der Waals surface area contributed by atoms with E-state index in [4.69, 9.17) is 4.74 Å². The van der Waals surface area contributed by atoms with Gasteiger partial charge in [-0.2, -0.15) is 0 Å². The molecule has 1 aliphatic rings. The van der Waals surface area contributed by atoms with Gasteiger partial charge in [-0.25, -0.2) is 4.98 Å². The highest BCUT2D eigenvalue weighted by Crippen LogP contribution is 2.25. The molecule has 1 unspecified atom stereocenters. The molecule has 146 valence electrons. The summed E-state index contributed by atoms with van der Waals surface area (Å²) in [6.07, 6.45) is 0. The highest BCUT2D eigenvalue weighted by Gasteiger charge is 2.17. The lowest BCUT2D eigenvalue weighted by atomic mass is 10.2. The summed E-state index contributed by atoms with van der Waals surface area (Å²) in [6.45, 7) is 7.25. The minimum absolute atomic E-state index is 0.0410. The molecule has 1 fully saturated rings. The molecule has 2 aromatic carbocycles. The topological polar surface area (TPSA) is 70.2 Å². The zero-order chi connectivity index (χ0) is 19.5. The van der Waals surface area contributed by atoms with Crippen molar-refractivity contribution in [2.24, 2.45) is 0 Å². The predicted octanol–water partition coefficient (Wildman–Crippen LogP) is 3.83. The van der Waals surface area contributed by atoms with Crippen LogP contribution in [0.5, 0.6) is 0 Å². The SMILES string of the molecule is Cc1ccc2nc(SC(C)C(=O)Nc3ccc(N4CCOCC4)cc3)[nH]c2c1. The first-order valence-corrected chi connectivity index (χ1v) is 10.3. The Bertz CT molecular complexity index is 964. The van der Waals surface area contributed by atoms with Crippen LogP contribution in [0.15, 0.2) is 47.6 Å². The summed E-state index contributed by atoms with van der Waals surface area (Å²) in [6, 6.07) is 14.1. The van der Waals surface area contributed by atoms with Gasteiger partial charge in [0.15, 0.2) is 5.16 Å². The summed E-state index contributed by atoms with van der Waals surface area (Å²) in [4.78, 5) is 22.7. The van der Waals surface area contributed by atoms with Crippen LogP contribution in [0.4, 0.5) is 11.4 Å². The second kappa shape index (κ2) is 8.24. The number of amides is 1. The van der Waals surface area contributed by atoms with E-state index in [1.807, 2.05) is 50.2 Å². The van der Waals surface area contributed by atoms with Gasteiger partial charge >= 0.3 is 0 Å².